The van der Waals surface area contributed by atoms with Crippen LogP contribution in [0.5, 0.6) is 0 Å². The van der Waals surface area contributed by atoms with Crippen molar-refractivity contribution in [2.75, 3.05) is 13.7 Å². The molecule has 19 heavy (non-hydrogen) atoms. The molecule has 0 aliphatic heterocycles. The van der Waals surface area contributed by atoms with Crippen LogP contribution in [0.2, 0.25) is 0 Å². The van der Waals surface area contributed by atoms with Gasteiger partial charge in [0.05, 0.1) is 12.8 Å². The van der Waals surface area contributed by atoms with E-state index in [1.54, 1.807) is 17.8 Å². The van der Waals surface area contributed by atoms with Crippen LogP contribution in [0.15, 0.2) is 47.8 Å². The van der Waals surface area contributed by atoms with E-state index in [1.807, 2.05) is 41.1 Å². The summed E-state index contributed by atoms with van der Waals surface area (Å²) < 4.78 is 8.59. The third-order valence-corrected chi connectivity index (χ3v) is 2.71. The third-order valence-electron chi connectivity index (χ3n) is 2.71. The molecule has 0 aliphatic rings. The predicted octanol–water partition coefficient (Wildman–Crippen LogP) is 1.87. The first-order valence-corrected chi connectivity index (χ1v) is 5.88. The Kier molecular flexibility index (Phi) is 3.07. The number of rotatable bonds is 4. The van der Waals surface area contributed by atoms with Crippen LogP contribution >= 0.6 is 0 Å². The van der Waals surface area contributed by atoms with E-state index in [4.69, 9.17) is 4.74 Å². The van der Waals surface area contributed by atoms with Gasteiger partial charge in [-0.15, -0.1) is 0 Å². The Morgan fingerprint density at radius 3 is 2.95 bits per heavy atom. The predicted molar refractivity (Wildman–Crippen MR) is 72.3 cm³/mol. The summed E-state index contributed by atoms with van der Waals surface area (Å²) in [6.45, 7) is 0.465. The summed E-state index contributed by atoms with van der Waals surface area (Å²) >= 11 is 0. The second-order valence-electron chi connectivity index (χ2n) is 3.93. The van der Waals surface area contributed by atoms with E-state index in [-0.39, 0.29) is 0 Å². The van der Waals surface area contributed by atoms with Gasteiger partial charge in [-0.25, -0.2) is 4.99 Å². The van der Waals surface area contributed by atoms with Gasteiger partial charge in [0.15, 0.2) is 5.82 Å². The van der Waals surface area contributed by atoms with Crippen molar-refractivity contribution in [3.63, 3.8) is 0 Å². The van der Waals surface area contributed by atoms with Crippen molar-refractivity contribution < 1.29 is 4.74 Å². The maximum Gasteiger partial charge on any atom is 0.239 e. The zero-order chi connectivity index (χ0) is 13.1. The Morgan fingerprint density at radius 1 is 1.32 bits per heavy atom. The summed E-state index contributed by atoms with van der Waals surface area (Å²) in [5.41, 5.74) is 1.02. The summed E-state index contributed by atoms with van der Waals surface area (Å²) in [5, 5.41) is 4.17. The van der Waals surface area contributed by atoms with Gasteiger partial charge in [0, 0.05) is 19.0 Å². The highest BCUT2D eigenvalue weighted by Crippen LogP contribution is 2.19. The minimum Gasteiger partial charge on any atom is -0.379 e. The van der Waals surface area contributed by atoms with Crippen LogP contribution in [-0.4, -0.2) is 39.1 Å². The van der Waals surface area contributed by atoms with Crippen molar-refractivity contribution in [2.45, 2.75) is 0 Å². The molecule has 0 amide bonds. The minimum absolute atomic E-state index is 0.465. The van der Waals surface area contributed by atoms with Gasteiger partial charge in [0.25, 0.3) is 0 Å². The Labute approximate surface area is 110 Å². The van der Waals surface area contributed by atoms with E-state index in [1.165, 1.54) is 6.33 Å². The summed E-state index contributed by atoms with van der Waals surface area (Å²) in [6.07, 6.45) is 5.12. The quantitative estimate of drug-likeness (QED) is 0.669. The fraction of sp³-hybridized carbons (Fsp3) is 0.154. The minimum atomic E-state index is 0.465. The SMILES string of the molecule is COC/C=N/c1cn(-c2ccccc2)c2ncnn12. The molecule has 0 N–H and O–H groups in total. The second kappa shape index (κ2) is 5.03. The van der Waals surface area contributed by atoms with Gasteiger partial charge in [-0.2, -0.15) is 14.6 Å². The Morgan fingerprint density at radius 2 is 2.16 bits per heavy atom. The molecular weight excluding hydrogens is 242 g/mol. The normalized spacial score (nSPS) is 11.6. The summed E-state index contributed by atoms with van der Waals surface area (Å²) in [6, 6.07) is 9.96. The molecule has 0 bridgehead atoms. The van der Waals surface area contributed by atoms with Crippen LogP contribution in [0.4, 0.5) is 5.82 Å². The molecule has 0 atom stereocenters. The molecule has 3 rings (SSSR count). The molecule has 3 aromatic rings. The molecule has 0 unspecified atom stereocenters. The van der Waals surface area contributed by atoms with Crippen molar-refractivity contribution in [3.05, 3.63) is 42.9 Å². The average molecular weight is 255 g/mol. The Balaban J connectivity index is 2.09. The standard InChI is InChI=1S/C13H13N5O/c1-19-8-7-14-12-9-17(11-5-3-2-4-6-11)13-15-10-16-18(12)13/h2-7,9-10H,8H2,1H3/b14-7+. The summed E-state index contributed by atoms with van der Waals surface area (Å²) in [4.78, 5) is 8.59. The van der Waals surface area contributed by atoms with E-state index >= 15 is 0 Å². The molecule has 0 spiro atoms. The maximum atomic E-state index is 4.95. The lowest BCUT2D eigenvalue weighted by Gasteiger charge is -2.00. The van der Waals surface area contributed by atoms with Crippen LogP contribution in [0.3, 0.4) is 0 Å². The summed E-state index contributed by atoms with van der Waals surface area (Å²) in [5.74, 6) is 1.45. The smallest absolute Gasteiger partial charge is 0.239 e. The molecule has 96 valence electrons. The number of methoxy groups -OCH3 is 1. The number of aromatic nitrogens is 4. The molecule has 2 heterocycles. The number of benzene rings is 1. The number of imidazole rings is 1. The van der Waals surface area contributed by atoms with Crippen molar-refractivity contribution in [2.24, 2.45) is 4.99 Å². The number of hydrogen-bond donors (Lipinski definition) is 0. The van der Waals surface area contributed by atoms with Crippen LogP contribution in [0.1, 0.15) is 0 Å². The first-order valence-electron chi connectivity index (χ1n) is 5.88. The fourth-order valence-electron chi connectivity index (χ4n) is 1.86. The van der Waals surface area contributed by atoms with Gasteiger partial charge >= 0.3 is 0 Å². The lowest BCUT2D eigenvalue weighted by molar-refractivity contribution is 0.248. The van der Waals surface area contributed by atoms with E-state index < -0.39 is 0 Å². The maximum absolute atomic E-state index is 4.95. The lowest BCUT2D eigenvalue weighted by Crippen LogP contribution is -1.92. The monoisotopic (exact) mass is 255 g/mol. The topological polar surface area (TPSA) is 56.7 Å². The zero-order valence-corrected chi connectivity index (χ0v) is 10.5. The van der Waals surface area contributed by atoms with Crippen molar-refractivity contribution in [3.8, 4) is 5.69 Å². The molecule has 6 nitrogen and oxygen atoms in total. The van der Waals surface area contributed by atoms with Gasteiger partial charge in [-0.3, -0.25) is 4.57 Å². The highest BCUT2D eigenvalue weighted by atomic mass is 16.5. The number of ether oxygens (including phenoxy) is 1. The van der Waals surface area contributed by atoms with Gasteiger partial charge in [-0.1, -0.05) is 18.2 Å². The zero-order valence-electron chi connectivity index (χ0n) is 10.5. The number of nitrogens with zero attached hydrogens (tertiary/aromatic N) is 5. The first-order chi connectivity index (χ1) is 9.40. The lowest BCUT2D eigenvalue weighted by atomic mass is 10.3. The fourth-order valence-corrected chi connectivity index (χ4v) is 1.86. The van der Waals surface area contributed by atoms with Gasteiger partial charge in [-0.05, 0) is 12.1 Å². The highest BCUT2D eigenvalue weighted by molar-refractivity contribution is 5.64. The van der Waals surface area contributed by atoms with E-state index in [0.29, 0.717) is 12.4 Å². The molecule has 0 saturated carbocycles. The molecule has 2 aromatic heterocycles. The Hall–Kier alpha value is -2.47. The molecule has 1 aromatic carbocycles. The van der Waals surface area contributed by atoms with Gasteiger partial charge in [0.2, 0.25) is 5.78 Å². The molecule has 0 aliphatic carbocycles. The highest BCUT2D eigenvalue weighted by Gasteiger charge is 2.10. The van der Waals surface area contributed by atoms with Crippen molar-refractivity contribution >= 4 is 17.8 Å². The van der Waals surface area contributed by atoms with Crippen molar-refractivity contribution in [1.29, 1.82) is 0 Å². The van der Waals surface area contributed by atoms with Gasteiger partial charge in [0.1, 0.15) is 6.33 Å². The van der Waals surface area contributed by atoms with E-state index in [2.05, 4.69) is 15.1 Å². The van der Waals surface area contributed by atoms with Crippen LogP contribution in [-0.2, 0) is 4.74 Å². The molecule has 0 saturated heterocycles. The van der Waals surface area contributed by atoms with Crippen LogP contribution < -0.4 is 0 Å². The molecule has 0 radical (unpaired) electrons. The van der Waals surface area contributed by atoms with E-state index in [9.17, 15) is 0 Å². The number of hydrogen-bond acceptors (Lipinski definition) is 4. The number of para-hydroxylation sites is 1. The molecule has 0 fully saturated rings. The number of aliphatic imine (C=N–C) groups is 1. The average Bonchev–Trinajstić information content (AvgIpc) is 3.03. The molecule has 6 heteroatoms. The van der Waals surface area contributed by atoms with Crippen LogP contribution in [0.25, 0.3) is 11.5 Å². The third kappa shape index (κ3) is 2.13. The number of fused-ring (bicyclic) bond motifs is 1. The largest absolute Gasteiger partial charge is 0.379 e. The van der Waals surface area contributed by atoms with Gasteiger partial charge < -0.3 is 4.74 Å². The Bertz CT molecular complexity index is 698. The first kappa shape index (κ1) is 11.6. The van der Waals surface area contributed by atoms with E-state index in [0.717, 1.165) is 11.5 Å². The second-order valence-corrected chi connectivity index (χ2v) is 3.93. The summed E-state index contributed by atoms with van der Waals surface area (Å²) in [7, 11) is 1.63. The van der Waals surface area contributed by atoms with Crippen molar-refractivity contribution in [1.82, 2.24) is 19.2 Å². The molecular formula is C13H13N5O. The van der Waals surface area contributed by atoms with Crippen LogP contribution in [0, 0.1) is 0 Å².